The zero-order chi connectivity index (χ0) is 9.68. The molecule has 0 N–H and O–H groups in total. The monoisotopic (exact) mass is 216 g/mol. The summed E-state index contributed by atoms with van der Waals surface area (Å²) in [5, 5.41) is 4.69. The van der Waals surface area contributed by atoms with Crippen molar-refractivity contribution in [3.8, 4) is 0 Å². The summed E-state index contributed by atoms with van der Waals surface area (Å²) in [5.41, 5.74) is 1.47. The number of thiophene rings is 1. The molecule has 1 aromatic heterocycles. The number of alkyl halides is 1. The third-order valence-electron chi connectivity index (χ3n) is 2.23. The molecule has 0 spiro atoms. The van der Waals surface area contributed by atoms with E-state index in [2.05, 4.69) is 30.7 Å². The first kappa shape index (κ1) is 11.1. The Kier molecular flexibility index (Phi) is 4.82. The molecule has 2 atom stereocenters. The van der Waals surface area contributed by atoms with Gasteiger partial charge in [-0.2, -0.15) is 11.3 Å². The fraction of sp³-hybridized carbons (Fsp3) is 0.636. The van der Waals surface area contributed by atoms with Gasteiger partial charge in [-0.1, -0.05) is 6.92 Å². The number of rotatable bonds is 5. The highest BCUT2D eigenvalue weighted by atomic mass is 35.5. The van der Waals surface area contributed by atoms with Crippen LogP contribution in [0.1, 0.15) is 32.3 Å². The largest absolute Gasteiger partial charge is 0.152 e. The predicted molar refractivity (Wildman–Crippen MR) is 61.7 cm³/mol. The van der Waals surface area contributed by atoms with Gasteiger partial charge in [0.15, 0.2) is 0 Å². The zero-order valence-electron chi connectivity index (χ0n) is 8.29. The van der Waals surface area contributed by atoms with E-state index >= 15 is 0 Å². The van der Waals surface area contributed by atoms with Crippen molar-refractivity contribution < 1.29 is 0 Å². The Bertz CT molecular complexity index is 216. The second-order valence-electron chi connectivity index (χ2n) is 3.79. The van der Waals surface area contributed by atoms with E-state index in [0.717, 1.165) is 12.3 Å². The highest BCUT2D eigenvalue weighted by Gasteiger charge is 2.06. The minimum absolute atomic E-state index is 0.317. The Labute approximate surface area is 89.9 Å². The Morgan fingerprint density at radius 3 is 2.77 bits per heavy atom. The number of aryl methyl sites for hydroxylation is 1. The van der Waals surface area contributed by atoms with Crippen LogP contribution in [0.5, 0.6) is 0 Å². The van der Waals surface area contributed by atoms with Crippen LogP contribution in [0.4, 0.5) is 0 Å². The van der Waals surface area contributed by atoms with E-state index in [1.807, 2.05) is 0 Å². The van der Waals surface area contributed by atoms with Gasteiger partial charge in [-0.05, 0) is 54.5 Å². The van der Waals surface area contributed by atoms with Crippen LogP contribution in [0.2, 0.25) is 0 Å². The van der Waals surface area contributed by atoms with Gasteiger partial charge in [-0.15, -0.1) is 11.6 Å². The molecule has 2 heteroatoms. The lowest BCUT2D eigenvalue weighted by molar-refractivity contribution is 0.490. The van der Waals surface area contributed by atoms with Crippen molar-refractivity contribution in [2.75, 3.05) is 0 Å². The van der Waals surface area contributed by atoms with Gasteiger partial charge in [0, 0.05) is 5.38 Å². The molecule has 0 bridgehead atoms. The van der Waals surface area contributed by atoms with E-state index in [4.69, 9.17) is 11.6 Å². The molecule has 1 aromatic rings. The molecule has 0 nitrogen and oxygen atoms in total. The van der Waals surface area contributed by atoms with Crippen molar-refractivity contribution in [3.05, 3.63) is 22.4 Å². The van der Waals surface area contributed by atoms with E-state index < -0.39 is 0 Å². The second kappa shape index (κ2) is 5.66. The Morgan fingerprint density at radius 2 is 2.23 bits per heavy atom. The predicted octanol–water partition coefficient (Wildman–Crippen LogP) is 4.33. The molecule has 0 saturated heterocycles. The topological polar surface area (TPSA) is 0 Å². The Balaban J connectivity index is 2.19. The zero-order valence-corrected chi connectivity index (χ0v) is 9.87. The van der Waals surface area contributed by atoms with Crippen molar-refractivity contribution in [2.24, 2.45) is 5.92 Å². The fourth-order valence-electron chi connectivity index (χ4n) is 1.52. The van der Waals surface area contributed by atoms with Crippen LogP contribution in [0, 0.1) is 5.92 Å². The second-order valence-corrected chi connectivity index (χ2v) is 5.32. The van der Waals surface area contributed by atoms with Crippen molar-refractivity contribution in [1.29, 1.82) is 0 Å². The summed E-state index contributed by atoms with van der Waals surface area (Å²) in [6.45, 7) is 4.36. The molecule has 1 heterocycles. The Hall–Kier alpha value is -0.0100. The quantitative estimate of drug-likeness (QED) is 0.643. The molecule has 0 aromatic carbocycles. The minimum Gasteiger partial charge on any atom is -0.152 e. The standard InChI is InChI=1S/C11H17ClS/c1-9(7-10(2)12)3-4-11-5-6-13-8-11/h5-6,8-10H,3-4,7H2,1-2H3. The molecule has 0 amide bonds. The third-order valence-corrected chi connectivity index (χ3v) is 3.14. The molecular formula is C11H17ClS. The highest BCUT2D eigenvalue weighted by Crippen LogP contribution is 2.18. The molecule has 0 aliphatic rings. The van der Waals surface area contributed by atoms with E-state index in [1.54, 1.807) is 11.3 Å². The van der Waals surface area contributed by atoms with Gasteiger partial charge in [0.2, 0.25) is 0 Å². The maximum Gasteiger partial charge on any atom is 0.0310 e. The first-order valence-corrected chi connectivity index (χ1v) is 6.21. The number of halogens is 1. The summed E-state index contributed by atoms with van der Waals surface area (Å²) >= 11 is 7.71. The van der Waals surface area contributed by atoms with E-state index in [1.165, 1.54) is 18.4 Å². The van der Waals surface area contributed by atoms with Crippen LogP contribution >= 0.6 is 22.9 Å². The first-order chi connectivity index (χ1) is 6.18. The van der Waals surface area contributed by atoms with Crippen LogP contribution in [-0.4, -0.2) is 5.38 Å². The lowest BCUT2D eigenvalue weighted by Crippen LogP contribution is -2.03. The van der Waals surface area contributed by atoms with Crippen molar-refractivity contribution in [3.63, 3.8) is 0 Å². The molecule has 0 fully saturated rings. The van der Waals surface area contributed by atoms with Gasteiger partial charge in [-0.25, -0.2) is 0 Å². The number of hydrogen-bond donors (Lipinski definition) is 0. The Morgan fingerprint density at radius 1 is 1.46 bits per heavy atom. The van der Waals surface area contributed by atoms with Crippen LogP contribution in [0.3, 0.4) is 0 Å². The average Bonchev–Trinajstić information content (AvgIpc) is 2.51. The highest BCUT2D eigenvalue weighted by molar-refractivity contribution is 7.07. The van der Waals surface area contributed by atoms with Gasteiger partial charge in [0.1, 0.15) is 0 Å². The van der Waals surface area contributed by atoms with Gasteiger partial charge in [0.05, 0.1) is 0 Å². The maximum atomic E-state index is 5.94. The van der Waals surface area contributed by atoms with Crippen LogP contribution < -0.4 is 0 Å². The van der Waals surface area contributed by atoms with Crippen molar-refractivity contribution in [2.45, 2.75) is 38.5 Å². The maximum absolute atomic E-state index is 5.94. The smallest absolute Gasteiger partial charge is 0.0310 e. The lowest BCUT2D eigenvalue weighted by Gasteiger charge is -2.11. The average molecular weight is 217 g/mol. The van der Waals surface area contributed by atoms with E-state index in [-0.39, 0.29) is 0 Å². The molecule has 13 heavy (non-hydrogen) atoms. The summed E-state index contributed by atoms with van der Waals surface area (Å²) in [5.74, 6) is 0.743. The van der Waals surface area contributed by atoms with Gasteiger partial charge in [-0.3, -0.25) is 0 Å². The van der Waals surface area contributed by atoms with Gasteiger partial charge < -0.3 is 0 Å². The summed E-state index contributed by atoms with van der Waals surface area (Å²) in [4.78, 5) is 0. The molecule has 0 aliphatic carbocycles. The van der Waals surface area contributed by atoms with Crippen molar-refractivity contribution >= 4 is 22.9 Å². The summed E-state index contributed by atoms with van der Waals surface area (Å²) in [7, 11) is 0. The van der Waals surface area contributed by atoms with Crippen LogP contribution in [0.15, 0.2) is 16.8 Å². The third kappa shape index (κ3) is 4.68. The molecule has 2 unspecified atom stereocenters. The fourth-order valence-corrected chi connectivity index (χ4v) is 2.53. The number of hydrogen-bond acceptors (Lipinski definition) is 1. The summed E-state index contributed by atoms with van der Waals surface area (Å²) < 4.78 is 0. The normalized spacial score (nSPS) is 15.6. The molecule has 0 saturated carbocycles. The van der Waals surface area contributed by atoms with E-state index in [0.29, 0.717) is 5.38 Å². The molecular weight excluding hydrogens is 200 g/mol. The summed E-state index contributed by atoms with van der Waals surface area (Å²) in [6, 6.07) is 2.21. The van der Waals surface area contributed by atoms with Gasteiger partial charge >= 0.3 is 0 Å². The van der Waals surface area contributed by atoms with Crippen LogP contribution in [-0.2, 0) is 6.42 Å². The van der Waals surface area contributed by atoms with Gasteiger partial charge in [0.25, 0.3) is 0 Å². The summed E-state index contributed by atoms with van der Waals surface area (Å²) in [6.07, 6.45) is 3.59. The van der Waals surface area contributed by atoms with Crippen LogP contribution in [0.25, 0.3) is 0 Å². The lowest BCUT2D eigenvalue weighted by atomic mass is 9.98. The molecule has 0 aliphatic heterocycles. The molecule has 74 valence electrons. The van der Waals surface area contributed by atoms with E-state index in [9.17, 15) is 0 Å². The first-order valence-electron chi connectivity index (χ1n) is 4.83. The molecule has 1 rings (SSSR count). The molecule has 0 radical (unpaired) electrons. The van der Waals surface area contributed by atoms with Crippen molar-refractivity contribution in [1.82, 2.24) is 0 Å². The minimum atomic E-state index is 0.317. The SMILES string of the molecule is CC(Cl)CC(C)CCc1ccsc1.